The van der Waals surface area contributed by atoms with Crippen molar-refractivity contribution >= 4 is 0 Å². The molecule has 0 unspecified atom stereocenters. The fourth-order valence-electron chi connectivity index (χ4n) is 3.88. The van der Waals surface area contributed by atoms with Crippen LogP contribution in [0.25, 0.3) is 0 Å². The third-order valence-corrected chi connectivity index (χ3v) is 5.54. The fourth-order valence-corrected chi connectivity index (χ4v) is 3.88. The Balaban J connectivity index is 1.35. The van der Waals surface area contributed by atoms with Gasteiger partial charge in [0.05, 0.1) is 18.4 Å². The summed E-state index contributed by atoms with van der Waals surface area (Å²) >= 11 is 0. The van der Waals surface area contributed by atoms with Crippen molar-refractivity contribution < 1.29 is 4.42 Å². The molecule has 0 atom stereocenters. The second-order valence-electron chi connectivity index (χ2n) is 7.61. The molecule has 4 rings (SSSR count). The molecule has 2 aliphatic rings. The maximum atomic E-state index is 5.75. The van der Waals surface area contributed by atoms with Crippen molar-refractivity contribution in [2.24, 2.45) is 7.05 Å². The van der Waals surface area contributed by atoms with E-state index in [0.29, 0.717) is 0 Å². The highest BCUT2D eigenvalue weighted by Gasteiger charge is 2.30. The van der Waals surface area contributed by atoms with Crippen LogP contribution in [0.5, 0.6) is 0 Å². The van der Waals surface area contributed by atoms with E-state index in [1.165, 1.54) is 30.5 Å². The Morgan fingerprint density at radius 1 is 1.08 bits per heavy atom. The lowest BCUT2D eigenvalue weighted by atomic mass is 10.1. The molecule has 6 heteroatoms. The zero-order valence-corrected chi connectivity index (χ0v) is 15.7. The lowest BCUT2D eigenvalue weighted by Gasteiger charge is -2.21. The van der Waals surface area contributed by atoms with E-state index < -0.39 is 0 Å². The molecule has 2 fully saturated rings. The minimum atomic E-state index is 0.752. The second kappa shape index (κ2) is 6.92. The molecule has 0 bridgehead atoms. The van der Waals surface area contributed by atoms with Crippen molar-refractivity contribution in [2.75, 3.05) is 26.2 Å². The van der Waals surface area contributed by atoms with E-state index in [-0.39, 0.29) is 0 Å². The lowest BCUT2D eigenvalue weighted by molar-refractivity contribution is 0.230. The van der Waals surface area contributed by atoms with Gasteiger partial charge < -0.3 is 4.42 Å². The van der Waals surface area contributed by atoms with Gasteiger partial charge in [-0.05, 0) is 46.2 Å². The first-order valence-corrected chi connectivity index (χ1v) is 9.48. The molecule has 25 heavy (non-hydrogen) atoms. The Kier molecular flexibility index (Phi) is 4.65. The maximum absolute atomic E-state index is 5.75. The minimum absolute atomic E-state index is 0.752. The largest absolute Gasteiger partial charge is 0.444 e. The van der Waals surface area contributed by atoms with Crippen molar-refractivity contribution in [1.82, 2.24) is 24.6 Å². The Hall–Kier alpha value is -1.66. The summed E-state index contributed by atoms with van der Waals surface area (Å²) in [6, 6.07) is 0. The molecule has 0 N–H and O–H groups in total. The SMILES string of the molecule is Cc1nc(CN2CCCN(Cc3cnn(C)c3C3CC3)CC2)oc1C. The highest BCUT2D eigenvalue weighted by atomic mass is 16.4. The van der Waals surface area contributed by atoms with E-state index in [4.69, 9.17) is 4.42 Å². The molecule has 1 saturated carbocycles. The first-order valence-electron chi connectivity index (χ1n) is 9.48. The van der Waals surface area contributed by atoms with E-state index >= 15 is 0 Å². The minimum Gasteiger partial charge on any atom is -0.444 e. The van der Waals surface area contributed by atoms with E-state index in [9.17, 15) is 0 Å². The van der Waals surface area contributed by atoms with Gasteiger partial charge in [0.25, 0.3) is 0 Å². The molecule has 6 nitrogen and oxygen atoms in total. The number of nitrogens with zero attached hydrogens (tertiary/aromatic N) is 5. The summed E-state index contributed by atoms with van der Waals surface area (Å²) in [5.74, 6) is 2.55. The first kappa shape index (κ1) is 16.8. The molecule has 0 spiro atoms. The number of rotatable bonds is 5. The van der Waals surface area contributed by atoms with Gasteiger partial charge in [0.15, 0.2) is 0 Å². The Labute approximate surface area is 149 Å². The quantitative estimate of drug-likeness (QED) is 0.835. The van der Waals surface area contributed by atoms with E-state index in [1.54, 1.807) is 0 Å². The predicted octanol–water partition coefficient (Wildman–Crippen LogP) is 2.61. The van der Waals surface area contributed by atoms with Gasteiger partial charge >= 0.3 is 0 Å². The molecule has 136 valence electrons. The number of aryl methyl sites for hydroxylation is 3. The van der Waals surface area contributed by atoms with Crippen molar-refractivity contribution in [1.29, 1.82) is 0 Å². The third-order valence-electron chi connectivity index (χ3n) is 5.54. The van der Waals surface area contributed by atoms with Crippen molar-refractivity contribution in [3.63, 3.8) is 0 Å². The van der Waals surface area contributed by atoms with Gasteiger partial charge in [0.1, 0.15) is 5.76 Å². The fraction of sp³-hybridized carbons (Fsp3) is 0.684. The molecule has 1 saturated heterocycles. The Morgan fingerprint density at radius 3 is 2.44 bits per heavy atom. The zero-order chi connectivity index (χ0) is 17.4. The molecule has 3 heterocycles. The highest BCUT2D eigenvalue weighted by molar-refractivity contribution is 5.25. The molecule has 1 aliphatic carbocycles. The molecule has 0 amide bonds. The van der Waals surface area contributed by atoms with E-state index in [1.807, 2.05) is 13.8 Å². The van der Waals surface area contributed by atoms with Crippen LogP contribution >= 0.6 is 0 Å². The van der Waals surface area contributed by atoms with Gasteiger partial charge in [-0.2, -0.15) is 5.10 Å². The number of oxazole rings is 1. The van der Waals surface area contributed by atoms with Crippen LogP contribution in [0.3, 0.4) is 0 Å². The molecular formula is C19H29N5O. The predicted molar refractivity (Wildman–Crippen MR) is 96.3 cm³/mol. The zero-order valence-electron chi connectivity index (χ0n) is 15.7. The summed E-state index contributed by atoms with van der Waals surface area (Å²) in [5, 5.41) is 4.51. The summed E-state index contributed by atoms with van der Waals surface area (Å²) in [6.07, 6.45) is 5.93. The van der Waals surface area contributed by atoms with Crippen molar-refractivity contribution in [2.45, 2.75) is 52.1 Å². The molecular weight excluding hydrogens is 314 g/mol. The smallest absolute Gasteiger partial charge is 0.208 e. The van der Waals surface area contributed by atoms with Crippen LogP contribution in [0, 0.1) is 13.8 Å². The van der Waals surface area contributed by atoms with E-state index in [0.717, 1.165) is 62.5 Å². The standard InChI is InChI=1S/C19H29N5O/c1-14-15(2)25-18(21-14)13-24-8-4-7-23(9-10-24)12-17-11-20-22(3)19(17)16-5-6-16/h11,16H,4-10,12-13H2,1-3H3. The molecule has 0 radical (unpaired) electrons. The van der Waals surface area contributed by atoms with Gasteiger partial charge in [-0.1, -0.05) is 0 Å². The average Bonchev–Trinajstić information content (AvgIpc) is 3.31. The molecule has 2 aromatic rings. The number of aromatic nitrogens is 3. The van der Waals surface area contributed by atoms with Crippen LogP contribution in [0.4, 0.5) is 0 Å². The molecule has 2 aromatic heterocycles. The maximum Gasteiger partial charge on any atom is 0.208 e. The summed E-state index contributed by atoms with van der Waals surface area (Å²) in [7, 11) is 2.08. The van der Waals surface area contributed by atoms with Crippen LogP contribution in [0.15, 0.2) is 10.6 Å². The van der Waals surface area contributed by atoms with Gasteiger partial charge in [-0.15, -0.1) is 0 Å². The summed E-state index contributed by atoms with van der Waals surface area (Å²) in [4.78, 5) is 9.58. The van der Waals surface area contributed by atoms with Crippen molar-refractivity contribution in [3.8, 4) is 0 Å². The number of hydrogen-bond acceptors (Lipinski definition) is 5. The van der Waals surface area contributed by atoms with Gasteiger partial charge in [0, 0.05) is 43.9 Å². The van der Waals surface area contributed by atoms with Crippen LogP contribution in [0.1, 0.15) is 53.8 Å². The summed E-state index contributed by atoms with van der Waals surface area (Å²) < 4.78 is 7.84. The molecule has 1 aliphatic heterocycles. The first-order chi connectivity index (χ1) is 12.1. The van der Waals surface area contributed by atoms with E-state index in [2.05, 4.69) is 37.8 Å². The average molecular weight is 343 g/mol. The normalized spacial score (nSPS) is 20.1. The van der Waals surface area contributed by atoms with Crippen LogP contribution in [0.2, 0.25) is 0 Å². The Morgan fingerprint density at radius 2 is 1.80 bits per heavy atom. The van der Waals surface area contributed by atoms with Gasteiger partial charge in [-0.25, -0.2) is 4.98 Å². The van der Waals surface area contributed by atoms with Gasteiger partial charge in [-0.3, -0.25) is 14.5 Å². The van der Waals surface area contributed by atoms with Gasteiger partial charge in [0.2, 0.25) is 5.89 Å². The monoisotopic (exact) mass is 343 g/mol. The Bertz CT molecular complexity index is 711. The van der Waals surface area contributed by atoms with Crippen LogP contribution < -0.4 is 0 Å². The third kappa shape index (κ3) is 3.80. The van der Waals surface area contributed by atoms with Crippen LogP contribution in [-0.2, 0) is 20.1 Å². The molecule has 0 aromatic carbocycles. The topological polar surface area (TPSA) is 50.3 Å². The lowest BCUT2D eigenvalue weighted by Crippen LogP contribution is -2.30. The number of hydrogen-bond donors (Lipinski definition) is 0. The highest BCUT2D eigenvalue weighted by Crippen LogP contribution is 2.41. The van der Waals surface area contributed by atoms with Crippen LogP contribution in [-0.4, -0.2) is 50.7 Å². The van der Waals surface area contributed by atoms with Crippen molar-refractivity contribution in [3.05, 3.63) is 34.8 Å². The second-order valence-corrected chi connectivity index (χ2v) is 7.61. The summed E-state index contributed by atoms with van der Waals surface area (Å²) in [6.45, 7) is 10.3. The summed E-state index contributed by atoms with van der Waals surface area (Å²) in [5.41, 5.74) is 3.90.